The number of amides is 1. The fourth-order valence-electron chi connectivity index (χ4n) is 3.35. The summed E-state index contributed by atoms with van der Waals surface area (Å²) in [6, 6.07) is 17.1. The molecule has 0 aromatic heterocycles. The maximum Gasteiger partial charge on any atom is 0.354 e. The van der Waals surface area contributed by atoms with Crippen molar-refractivity contribution in [2.24, 2.45) is 0 Å². The van der Waals surface area contributed by atoms with Gasteiger partial charge in [-0.05, 0) is 22.8 Å². The van der Waals surface area contributed by atoms with Crippen LogP contribution in [0.1, 0.15) is 22.7 Å². The van der Waals surface area contributed by atoms with E-state index in [1.165, 1.54) is 12.0 Å². The molecule has 0 unspecified atom stereocenters. The number of ether oxygens (including phenoxy) is 2. The van der Waals surface area contributed by atoms with Crippen molar-refractivity contribution >= 4 is 18.0 Å². The molecule has 0 spiro atoms. The van der Waals surface area contributed by atoms with Crippen LogP contribution < -0.4 is 0 Å². The highest BCUT2D eigenvalue weighted by Crippen LogP contribution is 2.45. The van der Waals surface area contributed by atoms with E-state index >= 15 is 0 Å². The Hall–Kier alpha value is -2.92. The Labute approximate surface area is 145 Å². The fourth-order valence-corrected chi connectivity index (χ4v) is 3.35. The number of β-lactam (4-membered cyclic amide) rings is 1. The van der Waals surface area contributed by atoms with Crippen LogP contribution in [0.4, 0.5) is 0 Å². The van der Waals surface area contributed by atoms with Gasteiger partial charge >= 0.3 is 5.97 Å². The fraction of sp³-hybridized carbons (Fsp3) is 0.200. The van der Waals surface area contributed by atoms with E-state index < -0.39 is 12.1 Å². The molecule has 4 rings (SSSR count). The molecule has 0 radical (unpaired) electrons. The molecular formula is C20H17NO4. The number of nitrogens with zero attached hydrogens (tertiary/aromatic N) is 1. The molecule has 1 saturated heterocycles. The van der Waals surface area contributed by atoms with Gasteiger partial charge in [0.15, 0.2) is 6.10 Å². The van der Waals surface area contributed by atoms with E-state index in [2.05, 4.69) is 0 Å². The lowest BCUT2D eigenvalue weighted by molar-refractivity contribution is -0.175. The first kappa shape index (κ1) is 15.6. The summed E-state index contributed by atoms with van der Waals surface area (Å²) in [5.74, 6) is -0.735. The molecule has 0 saturated carbocycles. The highest BCUT2D eigenvalue weighted by molar-refractivity contribution is 6.04. The average molecular weight is 335 g/mol. The lowest BCUT2D eigenvalue weighted by Crippen LogP contribution is -2.61. The summed E-state index contributed by atoms with van der Waals surface area (Å²) in [5, 5.41) is 0. The zero-order valence-corrected chi connectivity index (χ0v) is 13.7. The lowest BCUT2D eigenvalue weighted by atomic mass is 9.83. The highest BCUT2D eigenvalue weighted by atomic mass is 16.5. The molecule has 126 valence electrons. The van der Waals surface area contributed by atoms with Gasteiger partial charge in [0, 0.05) is 0 Å². The smallest absolute Gasteiger partial charge is 0.354 e. The molecule has 0 bridgehead atoms. The summed E-state index contributed by atoms with van der Waals surface area (Å²) in [5.41, 5.74) is 3.15. The van der Waals surface area contributed by atoms with E-state index in [9.17, 15) is 9.59 Å². The van der Waals surface area contributed by atoms with Crippen molar-refractivity contribution in [3.05, 3.63) is 77.0 Å². The number of benzene rings is 2. The van der Waals surface area contributed by atoms with Crippen molar-refractivity contribution in [3.8, 4) is 0 Å². The largest absolute Gasteiger partial charge is 0.464 e. The van der Waals surface area contributed by atoms with Gasteiger partial charge in [-0.1, -0.05) is 54.6 Å². The number of fused-ring (bicyclic) bond motifs is 3. The molecule has 2 aliphatic heterocycles. The Kier molecular flexibility index (Phi) is 3.86. The molecule has 2 heterocycles. The quantitative estimate of drug-likeness (QED) is 0.637. The van der Waals surface area contributed by atoms with Gasteiger partial charge in [0.25, 0.3) is 5.91 Å². The van der Waals surface area contributed by atoms with E-state index in [1.807, 2.05) is 54.6 Å². The van der Waals surface area contributed by atoms with Crippen LogP contribution in [0.2, 0.25) is 0 Å². The van der Waals surface area contributed by atoms with Crippen molar-refractivity contribution in [1.82, 2.24) is 4.90 Å². The van der Waals surface area contributed by atoms with Crippen molar-refractivity contribution in [1.29, 1.82) is 0 Å². The topological polar surface area (TPSA) is 55.8 Å². The Morgan fingerprint density at radius 1 is 1.08 bits per heavy atom. The zero-order valence-electron chi connectivity index (χ0n) is 13.7. The zero-order chi connectivity index (χ0) is 17.4. The van der Waals surface area contributed by atoms with E-state index in [1.54, 1.807) is 6.08 Å². The average Bonchev–Trinajstić information content (AvgIpc) is 2.66. The molecule has 1 fully saturated rings. The van der Waals surface area contributed by atoms with Crippen molar-refractivity contribution in [3.63, 3.8) is 0 Å². The molecule has 0 aliphatic carbocycles. The number of methoxy groups -OCH3 is 1. The summed E-state index contributed by atoms with van der Waals surface area (Å²) in [6.45, 7) is 0.348. The number of esters is 1. The molecule has 2 aliphatic rings. The van der Waals surface area contributed by atoms with Crippen LogP contribution in [0.15, 0.2) is 60.3 Å². The Morgan fingerprint density at radius 3 is 2.56 bits per heavy atom. The van der Waals surface area contributed by atoms with Gasteiger partial charge < -0.3 is 9.47 Å². The van der Waals surface area contributed by atoms with Gasteiger partial charge in [-0.3, -0.25) is 9.69 Å². The van der Waals surface area contributed by atoms with Gasteiger partial charge in [-0.2, -0.15) is 0 Å². The first-order valence-electron chi connectivity index (χ1n) is 8.08. The third kappa shape index (κ3) is 2.53. The van der Waals surface area contributed by atoms with Crippen LogP contribution in [0.5, 0.6) is 0 Å². The van der Waals surface area contributed by atoms with Crippen LogP contribution in [-0.2, 0) is 25.7 Å². The van der Waals surface area contributed by atoms with E-state index in [-0.39, 0.29) is 17.6 Å². The first-order chi connectivity index (χ1) is 12.2. The Morgan fingerprint density at radius 2 is 1.80 bits per heavy atom. The lowest BCUT2D eigenvalue weighted by Gasteiger charge is -2.49. The van der Waals surface area contributed by atoms with Crippen LogP contribution in [0.3, 0.4) is 0 Å². The molecule has 25 heavy (non-hydrogen) atoms. The maximum atomic E-state index is 12.6. The van der Waals surface area contributed by atoms with Gasteiger partial charge in [0.1, 0.15) is 5.70 Å². The molecule has 1 amide bonds. The number of carbonyl (C=O) groups is 2. The van der Waals surface area contributed by atoms with E-state index in [4.69, 9.17) is 9.47 Å². The predicted octanol–water partition coefficient (Wildman–Crippen LogP) is 2.68. The monoisotopic (exact) mass is 335 g/mol. The number of rotatable bonds is 4. The summed E-state index contributed by atoms with van der Waals surface area (Å²) in [4.78, 5) is 26.2. The van der Waals surface area contributed by atoms with E-state index in [0.29, 0.717) is 6.61 Å². The molecule has 5 nitrogen and oxygen atoms in total. The van der Waals surface area contributed by atoms with Crippen LogP contribution >= 0.6 is 0 Å². The second kappa shape index (κ2) is 6.18. The second-order valence-corrected chi connectivity index (χ2v) is 6.02. The standard InChI is InChI=1S/C20H17NO4/c1-24-20(23)16-11-14-9-5-6-10-15(14)17-18(19(22)21(16)17)25-12-13-7-3-2-4-8-13/h2-11,17-18H,12H2,1H3/t17-,18+/m1/s1. The minimum atomic E-state index is -0.602. The van der Waals surface area contributed by atoms with Crippen LogP contribution in [-0.4, -0.2) is 30.0 Å². The second-order valence-electron chi connectivity index (χ2n) is 6.02. The van der Waals surface area contributed by atoms with E-state index in [0.717, 1.165) is 16.7 Å². The van der Waals surface area contributed by atoms with Crippen molar-refractivity contribution < 1.29 is 19.1 Å². The Balaban J connectivity index is 1.63. The highest BCUT2D eigenvalue weighted by Gasteiger charge is 2.54. The minimum Gasteiger partial charge on any atom is -0.464 e. The SMILES string of the molecule is COC(=O)C1=Cc2ccccc2[C@@H]2[C@H](OCc3ccccc3)C(=O)N12. The normalized spacial score (nSPS) is 20.9. The molecule has 0 N–H and O–H groups in total. The van der Waals surface area contributed by atoms with Gasteiger partial charge in [0.05, 0.1) is 19.8 Å². The van der Waals surface area contributed by atoms with Gasteiger partial charge in [0.2, 0.25) is 0 Å². The summed E-state index contributed by atoms with van der Waals surface area (Å²) >= 11 is 0. The van der Waals surface area contributed by atoms with Crippen LogP contribution in [0, 0.1) is 0 Å². The first-order valence-corrected chi connectivity index (χ1v) is 8.08. The predicted molar refractivity (Wildman–Crippen MR) is 91.0 cm³/mol. The molecule has 5 heteroatoms. The minimum absolute atomic E-state index is 0.216. The Bertz CT molecular complexity index is 859. The maximum absolute atomic E-state index is 12.6. The van der Waals surface area contributed by atoms with Gasteiger partial charge in [-0.25, -0.2) is 4.79 Å². The van der Waals surface area contributed by atoms with Crippen LogP contribution in [0.25, 0.3) is 6.08 Å². The number of hydrogen-bond acceptors (Lipinski definition) is 4. The summed E-state index contributed by atoms with van der Waals surface area (Å²) < 4.78 is 10.7. The third-order valence-corrected chi connectivity index (χ3v) is 4.58. The molecule has 2 aromatic rings. The number of carbonyl (C=O) groups excluding carboxylic acids is 2. The van der Waals surface area contributed by atoms with Gasteiger partial charge in [-0.15, -0.1) is 0 Å². The van der Waals surface area contributed by atoms with Crippen molar-refractivity contribution in [2.45, 2.75) is 18.8 Å². The van der Waals surface area contributed by atoms with Crippen molar-refractivity contribution in [2.75, 3.05) is 7.11 Å². The number of hydrogen-bond donors (Lipinski definition) is 0. The summed E-state index contributed by atoms with van der Waals surface area (Å²) in [7, 11) is 1.31. The summed E-state index contributed by atoms with van der Waals surface area (Å²) in [6.07, 6.45) is 1.10. The molecule has 2 aromatic carbocycles. The molecular weight excluding hydrogens is 318 g/mol. The third-order valence-electron chi connectivity index (χ3n) is 4.58. The molecule has 2 atom stereocenters.